The fourth-order valence-corrected chi connectivity index (χ4v) is 8.43. The Balaban J connectivity index is 2.08. The Bertz CT molecular complexity index is 1300. The molecule has 2 aliphatic carbocycles. The Labute approximate surface area is 290 Å². The lowest BCUT2D eigenvalue weighted by Gasteiger charge is -2.61. The number of fused-ring (bicyclic) bond motifs is 1. The zero-order chi connectivity index (χ0) is 37.0. The third kappa shape index (κ3) is 9.31. The van der Waals surface area contributed by atoms with Gasteiger partial charge < -0.3 is 33.2 Å². The van der Waals surface area contributed by atoms with Crippen molar-refractivity contribution in [3.8, 4) is 0 Å². The van der Waals surface area contributed by atoms with Crippen molar-refractivity contribution in [1.29, 1.82) is 0 Å². The van der Waals surface area contributed by atoms with Crippen molar-refractivity contribution in [1.82, 2.24) is 0 Å². The zero-order valence-electron chi connectivity index (χ0n) is 31.0. The number of rotatable bonds is 12. The third-order valence-electron chi connectivity index (χ3n) is 10.6. The van der Waals surface area contributed by atoms with E-state index in [9.17, 15) is 24.0 Å². The van der Waals surface area contributed by atoms with Gasteiger partial charge in [-0.05, 0) is 69.6 Å². The van der Waals surface area contributed by atoms with Gasteiger partial charge in [-0.15, -0.1) is 0 Å². The molecule has 1 aliphatic heterocycles. The number of carbonyl (C=O) groups excluding carboxylic acids is 5. The summed E-state index contributed by atoms with van der Waals surface area (Å²) >= 11 is 0. The van der Waals surface area contributed by atoms with Gasteiger partial charge in [-0.25, -0.2) is 4.79 Å². The van der Waals surface area contributed by atoms with E-state index in [0.717, 1.165) is 19.3 Å². The predicted octanol–water partition coefficient (Wildman–Crippen LogP) is 5.40. The van der Waals surface area contributed by atoms with Crippen molar-refractivity contribution >= 4 is 29.8 Å². The van der Waals surface area contributed by atoms with Gasteiger partial charge in [0.25, 0.3) is 0 Å². The Morgan fingerprint density at radius 3 is 2.06 bits per heavy atom. The van der Waals surface area contributed by atoms with Crippen LogP contribution in [0.15, 0.2) is 23.8 Å². The molecule has 11 unspecified atom stereocenters. The number of methoxy groups -OCH3 is 1. The summed E-state index contributed by atoms with van der Waals surface area (Å²) in [5, 5.41) is 0. The molecule has 49 heavy (non-hydrogen) atoms. The maximum absolute atomic E-state index is 13.1. The average Bonchev–Trinajstić information content (AvgIpc) is 2.97. The molecule has 1 heterocycles. The molecule has 0 amide bonds. The van der Waals surface area contributed by atoms with Crippen LogP contribution >= 0.6 is 0 Å². The van der Waals surface area contributed by atoms with Crippen LogP contribution in [-0.4, -0.2) is 79.9 Å². The maximum atomic E-state index is 13.1. The van der Waals surface area contributed by atoms with Crippen molar-refractivity contribution in [3.63, 3.8) is 0 Å². The largest absolute Gasteiger partial charge is 0.469 e. The summed E-state index contributed by atoms with van der Waals surface area (Å²) < 4.78 is 40.9. The zero-order valence-corrected chi connectivity index (χ0v) is 31.0. The van der Waals surface area contributed by atoms with Gasteiger partial charge in [-0.2, -0.15) is 0 Å². The van der Waals surface area contributed by atoms with Crippen LogP contribution in [0.2, 0.25) is 0 Å². The first kappa shape index (κ1) is 40.2. The van der Waals surface area contributed by atoms with Crippen LogP contribution in [0, 0.1) is 28.6 Å². The number of hydrogen-bond acceptors (Lipinski definition) is 12. The minimum atomic E-state index is -1.31. The lowest BCUT2D eigenvalue weighted by atomic mass is 9.46. The van der Waals surface area contributed by atoms with Crippen LogP contribution in [0.5, 0.6) is 0 Å². The number of carbonyl (C=O) groups is 5. The quantitative estimate of drug-likeness (QED) is 0.112. The van der Waals surface area contributed by atoms with E-state index < -0.39 is 72.2 Å². The molecule has 0 aromatic rings. The van der Waals surface area contributed by atoms with E-state index in [-0.39, 0.29) is 34.7 Å². The number of allylic oxidation sites excluding steroid dienone is 2. The summed E-state index contributed by atoms with van der Waals surface area (Å²) in [7, 11) is 1.39. The Hall–Kier alpha value is -3.25. The SMILES string of the molecule is C=C(C)C(=O)OC1C(OC2OC(C)C(OC(C)=O)C(OC(C)=O)C2OC(C)=O)CC2(C)C(CCC(C)CC(=O)OC)C(C)=CCC2C1(C)C. The summed E-state index contributed by atoms with van der Waals surface area (Å²) in [5.74, 6) is -2.50. The van der Waals surface area contributed by atoms with Crippen molar-refractivity contribution in [3.05, 3.63) is 23.8 Å². The predicted molar refractivity (Wildman–Crippen MR) is 177 cm³/mol. The van der Waals surface area contributed by atoms with Crippen molar-refractivity contribution < 1.29 is 57.1 Å². The van der Waals surface area contributed by atoms with E-state index in [0.29, 0.717) is 12.8 Å². The first-order chi connectivity index (χ1) is 22.7. The number of hydrogen-bond donors (Lipinski definition) is 0. The van der Waals surface area contributed by atoms with E-state index in [1.807, 2.05) is 6.92 Å². The molecule has 11 atom stereocenters. The standard InChI is InChI=1S/C37H56O12/c1-19(2)34(42)49-33-27(48-35-32(47-25(8)40)31(46-24(7)39)30(22(5)44-35)45-23(6)38)18-37(11)26(15-13-20(3)17-29(41)43-12)21(4)14-16-28(37)36(33,9)10/h14,20,22,26-28,30-33,35H,1,13,15-18H2,2-12H3. The first-order valence-electron chi connectivity index (χ1n) is 17.1. The van der Waals surface area contributed by atoms with Gasteiger partial charge in [0, 0.05) is 38.2 Å². The molecular weight excluding hydrogens is 636 g/mol. The summed E-state index contributed by atoms with van der Waals surface area (Å²) in [6.45, 7) is 21.2. The minimum Gasteiger partial charge on any atom is -0.469 e. The second-order valence-electron chi connectivity index (χ2n) is 15.0. The van der Waals surface area contributed by atoms with Gasteiger partial charge in [0.15, 0.2) is 24.6 Å². The molecule has 2 fully saturated rings. The molecule has 276 valence electrons. The normalized spacial score (nSPS) is 34.3. The van der Waals surface area contributed by atoms with Gasteiger partial charge in [-0.3, -0.25) is 19.2 Å². The smallest absolute Gasteiger partial charge is 0.333 e. The molecule has 0 bridgehead atoms. The molecule has 12 nitrogen and oxygen atoms in total. The topological polar surface area (TPSA) is 150 Å². The molecule has 0 spiro atoms. The van der Waals surface area contributed by atoms with Crippen molar-refractivity contribution in [2.75, 3.05) is 7.11 Å². The Morgan fingerprint density at radius 1 is 0.939 bits per heavy atom. The molecule has 12 heteroatoms. The van der Waals surface area contributed by atoms with Crippen LogP contribution < -0.4 is 0 Å². The molecular formula is C37H56O12. The van der Waals surface area contributed by atoms with Crippen LogP contribution in [0.1, 0.15) is 101 Å². The number of esters is 5. The fourth-order valence-electron chi connectivity index (χ4n) is 8.43. The minimum absolute atomic E-state index is 0.0741. The monoisotopic (exact) mass is 692 g/mol. The van der Waals surface area contributed by atoms with E-state index in [1.54, 1.807) is 13.8 Å². The second kappa shape index (κ2) is 16.2. The molecule has 0 N–H and O–H groups in total. The van der Waals surface area contributed by atoms with E-state index >= 15 is 0 Å². The highest BCUT2D eigenvalue weighted by molar-refractivity contribution is 5.87. The molecule has 1 saturated carbocycles. The highest BCUT2D eigenvalue weighted by Gasteiger charge is 2.62. The summed E-state index contributed by atoms with van der Waals surface area (Å²) in [4.78, 5) is 61.9. The summed E-state index contributed by atoms with van der Waals surface area (Å²) in [5.41, 5.74) is 0.508. The van der Waals surface area contributed by atoms with Gasteiger partial charge >= 0.3 is 29.8 Å². The highest BCUT2D eigenvalue weighted by atomic mass is 16.7. The molecule has 1 saturated heterocycles. The van der Waals surface area contributed by atoms with E-state index in [4.69, 9.17) is 33.2 Å². The summed E-state index contributed by atoms with van der Waals surface area (Å²) in [6.07, 6.45) is -1.85. The Morgan fingerprint density at radius 2 is 1.51 bits per heavy atom. The number of ether oxygens (including phenoxy) is 7. The van der Waals surface area contributed by atoms with Crippen LogP contribution in [0.25, 0.3) is 0 Å². The second-order valence-corrected chi connectivity index (χ2v) is 15.0. The lowest BCUT2D eigenvalue weighted by molar-refractivity contribution is -0.329. The molecule has 0 aromatic heterocycles. The molecule has 3 rings (SSSR count). The molecule has 3 aliphatic rings. The third-order valence-corrected chi connectivity index (χ3v) is 10.6. The fraction of sp³-hybridized carbons (Fsp3) is 0.757. The summed E-state index contributed by atoms with van der Waals surface area (Å²) in [6, 6.07) is 0. The van der Waals surface area contributed by atoms with Gasteiger partial charge in [0.05, 0.1) is 19.3 Å². The average molecular weight is 693 g/mol. The van der Waals surface area contributed by atoms with Crippen LogP contribution in [0.4, 0.5) is 0 Å². The first-order valence-corrected chi connectivity index (χ1v) is 17.1. The van der Waals surface area contributed by atoms with Crippen LogP contribution in [0.3, 0.4) is 0 Å². The van der Waals surface area contributed by atoms with Gasteiger partial charge in [-0.1, -0.05) is 45.9 Å². The highest BCUT2D eigenvalue weighted by Crippen LogP contribution is 2.62. The van der Waals surface area contributed by atoms with Crippen LogP contribution in [-0.2, 0) is 57.1 Å². The lowest BCUT2D eigenvalue weighted by Crippen LogP contribution is -2.65. The van der Waals surface area contributed by atoms with Gasteiger partial charge in [0.1, 0.15) is 6.10 Å². The van der Waals surface area contributed by atoms with Crippen molar-refractivity contribution in [2.45, 2.75) is 144 Å². The van der Waals surface area contributed by atoms with Gasteiger partial charge in [0.2, 0.25) is 0 Å². The molecule has 0 aromatic carbocycles. The van der Waals surface area contributed by atoms with Crippen molar-refractivity contribution in [2.24, 2.45) is 28.6 Å². The van der Waals surface area contributed by atoms with E-state index in [1.165, 1.54) is 33.5 Å². The Kier molecular flexibility index (Phi) is 13.3. The van der Waals surface area contributed by atoms with E-state index in [2.05, 4.69) is 40.3 Å². The molecule has 0 radical (unpaired) electrons. The maximum Gasteiger partial charge on any atom is 0.333 e.